The maximum Gasteiger partial charge on any atom is 0.233 e. The molecule has 0 saturated heterocycles. The van der Waals surface area contributed by atoms with E-state index in [9.17, 15) is 22.8 Å². The maximum atomic E-state index is 13.3. The Hall–Kier alpha value is -1.51. The number of carbonyl (C=O) groups is 1. The van der Waals surface area contributed by atoms with Gasteiger partial charge in [-0.3, -0.25) is 10.0 Å². The van der Waals surface area contributed by atoms with E-state index in [1.54, 1.807) is 6.07 Å². The second-order valence-corrected chi connectivity index (χ2v) is 9.38. The third kappa shape index (κ3) is 4.52. The van der Waals surface area contributed by atoms with Gasteiger partial charge in [-0.25, -0.2) is 17.9 Å². The van der Waals surface area contributed by atoms with Gasteiger partial charge in [-0.2, -0.15) is 4.31 Å². The Morgan fingerprint density at radius 2 is 1.96 bits per heavy atom. The lowest BCUT2D eigenvalue weighted by Crippen LogP contribution is -2.43. The fourth-order valence-corrected chi connectivity index (χ4v) is 4.54. The quantitative estimate of drug-likeness (QED) is 0.480. The molecule has 2 rings (SSSR count). The van der Waals surface area contributed by atoms with E-state index in [1.165, 1.54) is 16.4 Å². The molecule has 0 aromatic heterocycles. The van der Waals surface area contributed by atoms with Crippen molar-refractivity contribution in [2.75, 3.05) is 5.75 Å². The molecule has 1 aliphatic rings. The smallest absolute Gasteiger partial charge is 0.233 e. The van der Waals surface area contributed by atoms with Gasteiger partial charge in [-0.15, -0.1) is 0 Å². The number of sulfonamides is 1. The summed E-state index contributed by atoms with van der Waals surface area (Å²) in [6, 6.07) is 3.38. The predicted molar refractivity (Wildman–Crippen MR) is 87.0 cm³/mol. The van der Waals surface area contributed by atoms with Crippen molar-refractivity contribution in [3.8, 4) is 0 Å². The zero-order valence-electron chi connectivity index (χ0n) is 14.1. The van der Waals surface area contributed by atoms with Crippen molar-refractivity contribution in [2.45, 2.75) is 46.3 Å². The number of rotatable bonds is 6. The van der Waals surface area contributed by atoms with Gasteiger partial charge < -0.3 is 0 Å². The number of fused-ring (bicyclic) bond motifs is 1. The highest BCUT2D eigenvalue weighted by Crippen LogP contribution is 2.28. The Morgan fingerprint density at radius 1 is 1.33 bits per heavy atom. The summed E-state index contributed by atoms with van der Waals surface area (Å²) < 4.78 is 39.9. The van der Waals surface area contributed by atoms with Crippen LogP contribution in [0, 0.1) is 11.2 Å². The Kier molecular flexibility index (Phi) is 5.31. The summed E-state index contributed by atoms with van der Waals surface area (Å²) in [6.07, 6.45) is 0.553. The van der Waals surface area contributed by atoms with Crippen LogP contribution in [0.15, 0.2) is 18.2 Å². The molecule has 1 heterocycles. The maximum absolute atomic E-state index is 13.3. The Morgan fingerprint density at radius 3 is 2.54 bits per heavy atom. The summed E-state index contributed by atoms with van der Waals surface area (Å²) in [5, 5.41) is 10.2. The normalized spacial score (nSPS) is 16.7. The molecular weight excluding hydrogens is 335 g/mol. The van der Waals surface area contributed by atoms with E-state index >= 15 is 0 Å². The third-order valence-corrected chi connectivity index (χ3v) is 5.84. The molecule has 8 heteroatoms. The minimum absolute atomic E-state index is 0.101. The summed E-state index contributed by atoms with van der Waals surface area (Å²) in [4.78, 5) is 10.9. The Balaban J connectivity index is 2.16. The van der Waals surface area contributed by atoms with Gasteiger partial charge in [0.2, 0.25) is 16.4 Å². The molecule has 1 aliphatic heterocycles. The number of carbonyl (C=O) groups excluding carboxylic acids is 1. The highest BCUT2D eigenvalue weighted by atomic mass is 32.2. The molecule has 24 heavy (non-hydrogen) atoms. The van der Waals surface area contributed by atoms with Gasteiger partial charge in [0, 0.05) is 13.1 Å². The average molecular weight is 358 g/mol. The first-order chi connectivity index (χ1) is 11.0. The molecular formula is C16H23FN2O4S. The second kappa shape index (κ2) is 6.78. The van der Waals surface area contributed by atoms with Gasteiger partial charge in [0.25, 0.3) is 0 Å². The first-order valence-corrected chi connectivity index (χ1v) is 9.30. The van der Waals surface area contributed by atoms with Gasteiger partial charge >= 0.3 is 0 Å². The summed E-state index contributed by atoms with van der Waals surface area (Å²) in [5.74, 6) is -0.781. The number of hydroxylamine groups is 2. The minimum Gasteiger partial charge on any atom is -0.286 e. The lowest BCUT2D eigenvalue weighted by molar-refractivity contribution is -0.160. The van der Waals surface area contributed by atoms with E-state index in [1.807, 2.05) is 20.8 Å². The van der Waals surface area contributed by atoms with Crippen LogP contribution in [0.3, 0.4) is 0 Å². The Labute approximate surface area is 141 Å². The number of nitrogens with zero attached hydrogens (tertiary/aromatic N) is 2. The topological polar surface area (TPSA) is 77.9 Å². The van der Waals surface area contributed by atoms with Crippen LogP contribution < -0.4 is 0 Å². The van der Waals surface area contributed by atoms with Crippen LogP contribution in [0.4, 0.5) is 4.39 Å². The summed E-state index contributed by atoms with van der Waals surface area (Å²) in [7, 11) is -3.72. The first-order valence-electron chi connectivity index (χ1n) is 7.69. The van der Waals surface area contributed by atoms with Crippen LogP contribution in [-0.4, -0.2) is 41.2 Å². The van der Waals surface area contributed by atoms with Gasteiger partial charge in [-0.05, 0) is 35.1 Å². The van der Waals surface area contributed by atoms with Crippen LogP contribution in [-0.2, 0) is 27.9 Å². The van der Waals surface area contributed by atoms with Crippen molar-refractivity contribution < 1.29 is 22.8 Å². The standard InChI is InChI=1S/C16H23FN2O4S/c1-16(2,3)7-15(19(21)11-20)10-24(22,23)18-8-12-4-5-14(17)6-13(12)9-18/h4-6,11,15,21H,7-10H2,1-3H3. The molecule has 0 aliphatic carbocycles. The summed E-state index contributed by atoms with van der Waals surface area (Å²) in [5.41, 5.74) is 1.15. The zero-order valence-corrected chi connectivity index (χ0v) is 14.9. The van der Waals surface area contributed by atoms with E-state index in [2.05, 4.69) is 0 Å². The SMILES string of the molecule is CC(C)(C)CC(CS(=O)(=O)N1Cc2ccc(F)cc2C1)N(O)C=O. The molecule has 1 aromatic rings. The van der Waals surface area contributed by atoms with Crippen molar-refractivity contribution >= 4 is 16.4 Å². The molecule has 0 bridgehead atoms. The molecule has 1 N–H and O–H groups in total. The fourth-order valence-electron chi connectivity index (χ4n) is 2.90. The molecule has 1 unspecified atom stereocenters. The number of hydrogen-bond donors (Lipinski definition) is 1. The number of halogens is 1. The van der Waals surface area contributed by atoms with Crippen LogP contribution in [0.1, 0.15) is 38.3 Å². The van der Waals surface area contributed by atoms with E-state index in [0.29, 0.717) is 17.0 Å². The van der Waals surface area contributed by atoms with Gasteiger partial charge in [-0.1, -0.05) is 26.8 Å². The van der Waals surface area contributed by atoms with Gasteiger partial charge in [0.1, 0.15) is 5.82 Å². The van der Waals surface area contributed by atoms with Crippen molar-refractivity contribution in [1.82, 2.24) is 9.37 Å². The van der Waals surface area contributed by atoms with Crippen molar-refractivity contribution in [3.63, 3.8) is 0 Å². The molecule has 1 amide bonds. The summed E-state index contributed by atoms with van der Waals surface area (Å²) in [6.45, 7) is 5.98. The molecule has 134 valence electrons. The molecule has 6 nitrogen and oxygen atoms in total. The zero-order chi connectivity index (χ0) is 18.1. The molecule has 0 fully saturated rings. The second-order valence-electron chi connectivity index (χ2n) is 7.36. The van der Waals surface area contributed by atoms with Crippen molar-refractivity contribution in [3.05, 3.63) is 35.1 Å². The largest absolute Gasteiger partial charge is 0.286 e. The minimum atomic E-state index is -3.72. The highest BCUT2D eigenvalue weighted by molar-refractivity contribution is 7.89. The van der Waals surface area contributed by atoms with Crippen LogP contribution in [0.25, 0.3) is 0 Å². The average Bonchev–Trinajstić information content (AvgIpc) is 2.87. The number of benzene rings is 1. The molecule has 0 spiro atoms. The summed E-state index contributed by atoms with van der Waals surface area (Å²) >= 11 is 0. The first kappa shape index (κ1) is 18.8. The number of hydrogen-bond acceptors (Lipinski definition) is 4. The van der Waals surface area contributed by atoms with Crippen LogP contribution in [0.5, 0.6) is 0 Å². The fraction of sp³-hybridized carbons (Fsp3) is 0.562. The van der Waals surface area contributed by atoms with Crippen LogP contribution in [0.2, 0.25) is 0 Å². The molecule has 1 aromatic carbocycles. The van der Waals surface area contributed by atoms with Crippen molar-refractivity contribution in [2.24, 2.45) is 5.41 Å². The lowest BCUT2D eigenvalue weighted by atomic mass is 9.88. The Bertz CT molecular complexity index is 715. The van der Waals surface area contributed by atoms with Crippen molar-refractivity contribution in [1.29, 1.82) is 0 Å². The van der Waals surface area contributed by atoms with E-state index in [0.717, 1.165) is 5.56 Å². The van der Waals surface area contributed by atoms with E-state index < -0.39 is 21.9 Å². The number of amides is 1. The van der Waals surface area contributed by atoms with Crippen LogP contribution >= 0.6 is 0 Å². The molecule has 1 atom stereocenters. The molecule has 0 radical (unpaired) electrons. The van der Waals surface area contributed by atoms with Gasteiger partial charge in [0.15, 0.2) is 0 Å². The van der Waals surface area contributed by atoms with Gasteiger partial charge in [0.05, 0.1) is 11.8 Å². The third-order valence-electron chi connectivity index (χ3n) is 3.99. The monoisotopic (exact) mass is 358 g/mol. The lowest BCUT2D eigenvalue weighted by Gasteiger charge is -2.30. The van der Waals surface area contributed by atoms with E-state index in [-0.39, 0.29) is 30.7 Å². The molecule has 0 saturated carbocycles. The highest BCUT2D eigenvalue weighted by Gasteiger charge is 2.34. The predicted octanol–water partition coefficient (Wildman–Crippen LogP) is 2.12. The van der Waals surface area contributed by atoms with E-state index in [4.69, 9.17) is 0 Å².